The van der Waals surface area contributed by atoms with Gasteiger partial charge in [0.05, 0.1) is 23.2 Å². The Balaban J connectivity index is 1.68. The van der Waals surface area contributed by atoms with Gasteiger partial charge in [-0.1, -0.05) is 12.1 Å². The maximum Gasteiger partial charge on any atom is 0.326 e. The Hall–Kier alpha value is -2.12. The van der Waals surface area contributed by atoms with Crippen LogP contribution in [0, 0.1) is 0 Å². The molecule has 0 aliphatic carbocycles. The van der Waals surface area contributed by atoms with Crippen molar-refractivity contribution in [3.63, 3.8) is 0 Å². The first-order valence-corrected chi connectivity index (χ1v) is 7.37. The van der Waals surface area contributed by atoms with Gasteiger partial charge in [0.2, 0.25) is 5.91 Å². The number of nitrogens with one attached hydrogen (secondary N) is 1. The average molecular weight is 305 g/mol. The molecule has 1 amide bonds. The summed E-state index contributed by atoms with van der Waals surface area (Å²) in [6.45, 7) is 0.861. The van der Waals surface area contributed by atoms with E-state index in [9.17, 15) is 19.8 Å². The summed E-state index contributed by atoms with van der Waals surface area (Å²) in [5.41, 5.74) is 1.29. The van der Waals surface area contributed by atoms with Crippen molar-refractivity contribution >= 4 is 16.9 Å². The van der Waals surface area contributed by atoms with Crippen LogP contribution in [0.25, 0.3) is 11.0 Å². The molecule has 1 saturated heterocycles. The van der Waals surface area contributed by atoms with Crippen LogP contribution in [0.4, 0.5) is 0 Å². The molecule has 3 rings (SSSR count). The summed E-state index contributed by atoms with van der Waals surface area (Å²) in [5.74, 6) is -0.122. The fourth-order valence-corrected chi connectivity index (χ4v) is 2.84. The molecule has 22 heavy (non-hydrogen) atoms. The fraction of sp³-hybridized carbons (Fsp3) is 0.467. The minimum Gasteiger partial charge on any atom is -0.390 e. The Morgan fingerprint density at radius 1 is 1.27 bits per heavy atom. The molecule has 2 aromatic rings. The molecule has 1 aromatic carbocycles. The van der Waals surface area contributed by atoms with Crippen LogP contribution in [-0.4, -0.2) is 55.9 Å². The average Bonchev–Trinajstić information content (AvgIpc) is 2.83. The number of benzene rings is 1. The Bertz CT molecular complexity index is 736. The summed E-state index contributed by atoms with van der Waals surface area (Å²) < 4.78 is 1.54. The van der Waals surface area contributed by atoms with E-state index in [1.54, 1.807) is 4.57 Å². The summed E-state index contributed by atoms with van der Waals surface area (Å²) in [6, 6.07) is 7.33. The molecular weight excluding hydrogens is 286 g/mol. The number of rotatable bonds is 3. The highest BCUT2D eigenvalue weighted by Crippen LogP contribution is 2.13. The fourth-order valence-electron chi connectivity index (χ4n) is 2.84. The molecule has 0 saturated carbocycles. The van der Waals surface area contributed by atoms with Crippen molar-refractivity contribution in [3.05, 3.63) is 34.7 Å². The van der Waals surface area contributed by atoms with Crippen LogP contribution in [0.3, 0.4) is 0 Å². The first-order chi connectivity index (χ1) is 10.6. The number of aliphatic hydroxyl groups is 2. The van der Waals surface area contributed by atoms with Crippen LogP contribution in [0.1, 0.15) is 12.8 Å². The number of aliphatic hydroxyl groups excluding tert-OH is 2. The molecule has 7 nitrogen and oxygen atoms in total. The summed E-state index contributed by atoms with van der Waals surface area (Å²) >= 11 is 0. The van der Waals surface area contributed by atoms with Gasteiger partial charge >= 0.3 is 5.69 Å². The highest BCUT2D eigenvalue weighted by Gasteiger charge is 2.28. The second-order valence-corrected chi connectivity index (χ2v) is 5.61. The van der Waals surface area contributed by atoms with Crippen LogP contribution < -0.4 is 5.69 Å². The Morgan fingerprint density at radius 2 is 2.05 bits per heavy atom. The van der Waals surface area contributed by atoms with E-state index in [1.165, 1.54) is 4.90 Å². The molecule has 2 heterocycles. The Morgan fingerprint density at radius 3 is 2.82 bits per heavy atom. The van der Waals surface area contributed by atoms with Gasteiger partial charge in [0.25, 0.3) is 0 Å². The smallest absolute Gasteiger partial charge is 0.326 e. The number of para-hydroxylation sites is 2. The van der Waals surface area contributed by atoms with Crippen LogP contribution >= 0.6 is 0 Å². The first kappa shape index (κ1) is 14.8. The lowest BCUT2D eigenvalue weighted by atomic mass is 10.0. The maximum atomic E-state index is 12.2. The van der Waals surface area contributed by atoms with Crippen molar-refractivity contribution < 1.29 is 15.0 Å². The normalized spacial score (nSPS) is 22.2. The van der Waals surface area contributed by atoms with Gasteiger partial charge in [-0.25, -0.2) is 4.79 Å². The third-order valence-corrected chi connectivity index (χ3v) is 4.13. The van der Waals surface area contributed by atoms with Gasteiger partial charge in [0.1, 0.15) is 0 Å². The zero-order chi connectivity index (χ0) is 15.7. The van der Waals surface area contributed by atoms with Crippen molar-refractivity contribution in [2.45, 2.75) is 31.6 Å². The van der Waals surface area contributed by atoms with Crippen LogP contribution in [0.15, 0.2) is 29.1 Å². The highest BCUT2D eigenvalue weighted by atomic mass is 16.3. The summed E-state index contributed by atoms with van der Waals surface area (Å²) in [4.78, 5) is 28.4. The third kappa shape index (κ3) is 2.77. The molecule has 3 N–H and O–H groups in total. The van der Waals surface area contributed by atoms with Crippen molar-refractivity contribution in [1.82, 2.24) is 14.5 Å². The number of hydrogen-bond donors (Lipinski definition) is 3. The molecule has 1 fully saturated rings. The lowest BCUT2D eigenvalue weighted by Gasteiger charge is -2.33. The number of piperidine rings is 1. The van der Waals surface area contributed by atoms with E-state index in [-0.39, 0.29) is 31.1 Å². The van der Waals surface area contributed by atoms with Crippen molar-refractivity contribution in [3.8, 4) is 0 Å². The number of β-amino-alcohol motifs (C(OH)–C–C–N with tert-alkyl or cyclic N) is 1. The predicted molar refractivity (Wildman–Crippen MR) is 80.4 cm³/mol. The van der Waals surface area contributed by atoms with E-state index in [0.29, 0.717) is 13.0 Å². The molecule has 0 radical (unpaired) electrons. The number of imidazole rings is 1. The number of fused-ring (bicyclic) bond motifs is 1. The minimum absolute atomic E-state index is 0.122. The van der Waals surface area contributed by atoms with Gasteiger partial charge in [-0.2, -0.15) is 0 Å². The zero-order valence-electron chi connectivity index (χ0n) is 12.1. The number of aromatic nitrogens is 2. The van der Waals surface area contributed by atoms with Crippen LogP contribution in [-0.2, 0) is 11.3 Å². The lowest BCUT2D eigenvalue weighted by molar-refractivity contribution is -0.137. The monoisotopic (exact) mass is 305 g/mol. The van der Waals surface area contributed by atoms with E-state index >= 15 is 0 Å². The molecule has 0 bridgehead atoms. The van der Waals surface area contributed by atoms with E-state index in [0.717, 1.165) is 11.0 Å². The number of aryl methyl sites for hydroxylation is 1. The number of amides is 1. The predicted octanol–water partition coefficient (Wildman–Crippen LogP) is -0.326. The molecule has 0 spiro atoms. The topological polar surface area (TPSA) is 98.6 Å². The Kier molecular flexibility index (Phi) is 4.00. The zero-order valence-corrected chi connectivity index (χ0v) is 12.1. The third-order valence-electron chi connectivity index (χ3n) is 4.13. The van der Waals surface area contributed by atoms with Gasteiger partial charge in [-0.15, -0.1) is 0 Å². The van der Waals surface area contributed by atoms with Gasteiger partial charge in [-0.3, -0.25) is 9.36 Å². The minimum atomic E-state index is -0.895. The highest BCUT2D eigenvalue weighted by molar-refractivity contribution is 5.77. The number of H-pyrrole nitrogens is 1. The van der Waals surface area contributed by atoms with E-state index in [4.69, 9.17) is 0 Å². The molecule has 2 atom stereocenters. The molecule has 118 valence electrons. The molecular formula is C15H19N3O4. The lowest BCUT2D eigenvalue weighted by Crippen LogP contribution is -2.49. The van der Waals surface area contributed by atoms with Crippen LogP contribution in [0.2, 0.25) is 0 Å². The van der Waals surface area contributed by atoms with Gasteiger partial charge in [0, 0.05) is 26.1 Å². The van der Waals surface area contributed by atoms with E-state index in [2.05, 4.69) is 4.98 Å². The SMILES string of the molecule is O=C(CCn1c(=O)[nH]c2ccccc21)N1CC[C@@H](O)[C@H](O)C1. The molecule has 1 aliphatic heterocycles. The van der Waals surface area contributed by atoms with Gasteiger partial charge in [0.15, 0.2) is 0 Å². The largest absolute Gasteiger partial charge is 0.390 e. The molecule has 1 aromatic heterocycles. The number of likely N-dealkylation sites (tertiary alicyclic amines) is 1. The second kappa shape index (κ2) is 5.94. The van der Waals surface area contributed by atoms with Gasteiger partial charge in [-0.05, 0) is 18.6 Å². The number of hydrogen-bond acceptors (Lipinski definition) is 4. The summed E-state index contributed by atoms with van der Waals surface area (Å²) in [5, 5.41) is 19.1. The van der Waals surface area contributed by atoms with Crippen LogP contribution in [0.5, 0.6) is 0 Å². The quantitative estimate of drug-likeness (QED) is 0.723. The Labute approximate surface area is 126 Å². The summed E-state index contributed by atoms with van der Waals surface area (Å²) in [7, 11) is 0. The van der Waals surface area contributed by atoms with E-state index in [1.807, 2.05) is 24.3 Å². The maximum absolute atomic E-state index is 12.2. The van der Waals surface area contributed by atoms with E-state index < -0.39 is 12.2 Å². The number of nitrogens with zero attached hydrogens (tertiary/aromatic N) is 2. The molecule has 1 aliphatic rings. The standard InChI is InChI=1S/C15H19N3O4/c19-12-5-7-17(9-13(12)20)14(21)6-8-18-11-4-2-1-3-10(11)16-15(18)22/h1-4,12-13,19-20H,5-9H2,(H,16,22)/t12-,13-/m1/s1. The second-order valence-electron chi connectivity index (χ2n) is 5.61. The van der Waals surface area contributed by atoms with Gasteiger partial charge < -0.3 is 20.1 Å². The molecule has 0 unspecified atom stereocenters. The number of aromatic amines is 1. The summed E-state index contributed by atoms with van der Waals surface area (Å²) in [6.07, 6.45) is -1.10. The first-order valence-electron chi connectivity index (χ1n) is 7.37. The van der Waals surface area contributed by atoms with Crippen molar-refractivity contribution in [2.24, 2.45) is 0 Å². The van der Waals surface area contributed by atoms with Crippen molar-refractivity contribution in [2.75, 3.05) is 13.1 Å². The molecule has 7 heteroatoms. The number of carbonyl (C=O) groups excluding carboxylic acids is 1. The van der Waals surface area contributed by atoms with Crippen molar-refractivity contribution in [1.29, 1.82) is 0 Å². The number of carbonyl (C=O) groups is 1.